The first-order valence-electron chi connectivity index (χ1n) is 10.4. The fourth-order valence-corrected chi connectivity index (χ4v) is 5.22. The van der Waals surface area contributed by atoms with Crippen molar-refractivity contribution in [1.82, 2.24) is 9.62 Å². The number of hydrogen-bond donors (Lipinski definition) is 1. The molecule has 0 aliphatic carbocycles. The molecule has 1 unspecified atom stereocenters. The number of sulfonamides is 1. The van der Waals surface area contributed by atoms with E-state index in [-0.39, 0.29) is 36.6 Å². The summed E-state index contributed by atoms with van der Waals surface area (Å²) in [4.78, 5) is 15.8. The summed E-state index contributed by atoms with van der Waals surface area (Å²) in [6.07, 6.45) is 0.217. The maximum Gasteiger partial charge on any atom is 0.240 e. The normalized spacial score (nSPS) is 16.1. The van der Waals surface area contributed by atoms with Crippen LogP contribution in [0, 0.1) is 0 Å². The lowest BCUT2D eigenvalue weighted by Crippen LogP contribution is -2.38. The molecule has 4 rings (SSSR count). The average Bonchev–Trinajstić information content (AvgIpc) is 3.34. The number of likely N-dealkylation sites (N-methyl/N-ethyl adjacent to an activating group) is 2. The monoisotopic (exact) mass is 445 g/mol. The van der Waals surface area contributed by atoms with Crippen LogP contribution in [0.2, 0.25) is 0 Å². The molecular weight excluding hydrogens is 418 g/mol. The maximum atomic E-state index is 13.0. The molecule has 166 valence electrons. The number of ether oxygens (including phenoxy) is 2. The standard InChI is InChI=1S/C22H27N3O5S/c1-4-25(5-2)19(15-6-9-20-21(11-15)30-14-29-20)13-23-31(27,28)17-7-8-18-16(10-17)12-22(26)24(18)3/h6-11,19,23H,4-5,12-14H2,1-3H3. The Hall–Kier alpha value is -2.62. The van der Waals surface area contributed by atoms with Gasteiger partial charge in [-0.05, 0) is 54.5 Å². The first-order chi connectivity index (χ1) is 14.8. The third-order valence-electron chi connectivity index (χ3n) is 5.94. The summed E-state index contributed by atoms with van der Waals surface area (Å²) in [6, 6.07) is 10.4. The fourth-order valence-electron chi connectivity index (χ4n) is 4.13. The van der Waals surface area contributed by atoms with Gasteiger partial charge in [0.25, 0.3) is 0 Å². The molecule has 2 aromatic rings. The van der Waals surface area contributed by atoms with E-state index in [0.29, 0.717) is 11.5 Å². The minimum Gasteiger partial charge on any atom is -0.454 e. The van der Waals surface area contributed by atoms with Crippen molar-refractivity contribution in [2.75, 3.05) is 38.4 Å². The van der Waals surface area contributed by atoms with Gasteiger partial charge >= 0.3 is 0 Å². The molecule has 2 aromatic carbocycles. The van der Waals surface area contributed by atoms with Gasteiger partial charge in [-0.3, -0.25) is 9.69 Å². The zero-order chi connectivity index (χ0) is 22.2. The van der Waals surface area contributed by atoms with Crippen molar-refractivity contribution in [1.29, 1.82) is 0 Å². The van der Waals surface area contributed by atoms with Crippen LogP contribution in [0.1, 0.15) is 31.0 Å². The van der Waals surface area contributed by atoms with Gasteiger partial charge in [-0.2, -0.15) is 0 Å². The molecule has 9 heteroatoms. The van der Waals surface area contributed by atoms with Crippen LogP contribution in [-0.4, -0.2) is 52.7 Å². The average molecular weight is 446 g/mol. The third kappa shape index (κ3) is 4.13. The lowest BCUT2D eigenvalue weighted by Gasteiger charge is -2.30. The molecular formula is C22H27N3O5S. The van der Waals surface area contributed by atoms with Crippen LogP contribution in [-0.2, 0) is 21.2 Å². The summed E-state index contributed by atoms with van der Waals surface area (Å²) in [5.41, 5.74) is 2.44. The van der Waals surface area contributed by atoms with E-state index in [1.165, 1.54) is 0 Å². The molecule has 1 N–H and O–H groups in total. The molecule has 0 saturated heterocycles. The smallest absolute Gasteiger partial charge is 0.240 e. The lowest BCUT2D eigenvalue weighted by molar-refractivity contribution is -0.117. The molecule has 31 heavy (non-hydrogen) atoms. The van der Waals surface area contributed by atoms with E-state index in [4.69, 9.17) is 9.47 Å². The summed E-state index contributed by atoms with van der Waals surface area (Å²) < 4.78 is 39.7. The van der Waals surface area contributed by atoms with E-state index in [9.17, 15) is 13.2 Å². The predicted molar refractivity (Wildman–Crippen MR) is 117 cm³/mol. The molecule has 0 saturated carbocycles. The van der Waals surface area contributed by atoms with Gasteiger partial charge in [-0.15, -0.1) is 0 Å². The first kappa shape index (κ1) is 21.6. The number of nitrogens with zero attached hydrogens (tertiary/aromatic N) is 2. The molecule has 1 atom stereocenters. The van der Waals surface area contributed by atoms with Crippen molar-refractivity contribution in [2.24, 2.45) is 0 Å². The topological polar surface area (TPSA) is 88.2 Å². The van der Waals surface area contributed by atoms with E-state index in [1.54, 1.807) is 30.1 Å². The quantitative estimate of drug-likeness (QED) is 0.671. The van der Waals surface area contributed by atoms with Gasteiger partial charge in [0.2, 0.25) is 22.7 Å². The van der Waals surface area contributed by atoms with Crippen molar-refractivity contribution in [3.63, 3.8) is 0 Å². The number of rotatable bonds is 8. The van der Waals surface area contributed by atoms with Crippen LogP contribution >= 0.6 is 0 Å². The Morgan fingerprint density at radius 1 is 1.10 bits per heavy atom. The second-order valence-electron chi connectivity index (χ2n) is 7.62. The van der Waals surface area contributed by atoms with Crippen LogP contribution in [0.5, 0.6) is 11.5 Å². The highest BCUT2D eigenvalue weighted by Gasteiger charge is 2.28. The number of fused-ring (bicyclic) bond motifs is 2. The van der Waals surface area contributed by atoms with Crippen molar-refractivity contribution in [3.05, 3.63) is 47.5 Å². The highest BCUT2D eigenvalue weighted by atomic mass is 32.2. The van der Waals surface area contributed by atoms with Gasteiger partial charge in [0, 0.05) is 25.3 Å². The molecule has 2 aliphatic rings. The molecule has 1 amide bonds. The zero-order valence-corrected chi connectivity index (χ0v) is 18.7. The Labute approximate surface area is 182 Å². The SMILES string of the molecule is CCN(CC)C(CNS(=O)(=O)c1ccc2c(c1)CC(=O)N2C)c1ccc2c(c1)OCO2. The van der Waals surface area contributed by atoms with Crippen molar-refractivity contribution in [3.8, 4) is 11.5 Å². The number of anilines is 1. The van der Waals surface area contributed by atoms with Gasteiger partial charge in [-0.25, -0.2) is 13.1 Å². The largest absolute Gasteiger partial charge is 0.454 e. The van der Waals surface area contributed by atoms with E-state index in [2.05, 4.69) is 9.62 Å². The van der Waals surface area contributed by atoms with Crippen LogP contribution in [0.3, 0.4) is 0 Å². The van der Waals surface area contributed by atoms with Crippen molar-refractivity contribution < 1.29 is 22.7 Å². The van der Waals surface area contributed by atoms with Gasteiger partial charge in [-0.1, -0.05) is 19.9 Å². The molecule has 2 aliphatic heterocycles. The van der Waals surface area contributed by atoms with E-state index in [1.807, 2.05) is 32.0 Å². The molecule has 0 radical (unpaired) electrons. The molecule has 2 heterocycles. The van der Waals surface area contributed by atoms with Crippen LogP contribution in [0.4, 0.5) is 5.69 Å². The highest BCUT2D eigenvalue weighted by Crippen LogP contribution is 2.35. The third-order valence-corrected chi connectivity index (χ3v) is 7.36. The van der Waals surface area contributed by atoms with Gasteiger partial charge < -0.3 is 14.4 Å². The predicted octanol–water partition coefficient (Wildman–Crippen LogP) is 2.30. The highest BCUT2D eigenvalue weighted by molar-refractivity contribution is 7.89. The fraction of sp³-hybridized carbons (Fsp3) is 0.409. The van der Waals surface area contributed by atoms with Gasteiger partial charge in [0.05, 0.1) is 11.3 Å². The number of carbonyl (C=O) groups excluding carboxylic acids is 1. The second kappa shape index (κ2) is 8.49. The van der Waals surface area contributed by atoms with Gasteiger partial charge in [0.15, 0.2) is 11.5 Å². The number of hydrogen-bond acceptors (Lipinski definition) is 6. The second-order valence-corrected chi connectivity index (χ2v) is 9.39. The summed E-state index contributed by atoms with van der Waals surface area (Å²) in [6.45, 7) is 6.03. The Morgan fingerprint density at radius 3 is 2.58 bits per heavy atom. The summed E-state index contributed by atoms with van der Waals surface area (Å²) in [5, 5.41) is 0. The van der Waals surface area contributed by atoms with E-state index >= 15 is 0 Å². The van der Waals surface area contributed by atoms with E-state index < -0.39 is 10.0 Å². The van der Waals surface area contributed by atoms with Gasteiger partial charge in [0.1, 0.15) is 0 Å². The molecule has 0 bridgehead atoms. The number of amides is 1. The van der Waals surface area contributed by atoms with E-state index in [0.717, 1.165) is 29.9 Å². The Bertz CT molecular complexity index is 1100. The van der Waals surface area contributed by atoms with Crippen LogP contribution in [0.25, 0.3) is 0 Å². The van der Waals surface area contributed by atoms with Crippen molar-refractivity contribution >= 4 is 21.6 Å². The number of nitrogens with one attached hydrogen (secondary N) is 1. The minimum atomic E-state index is -3.74. The molecule has 0 spiro atoms. The zero-order valence-electron chi connectivity index (χ0n) is 17.9. The summed E-state index contributed by atoms with van der Waals surface area (Å²) in [5.74, 6) is 1.33. The molecule has 8 nitrogen and oxygen atoms in total. The van der Waals surface area contributed by atoms with Crippen LogP contribution in [0.15, 0.2) is 41.3 Å². The number of benzene rings is 2. The Kier molecular flexibility index (Phi) is 5.92. The van der Waals surface area contributed by atoms with Crippen LogP contribution < -0.4 is 19.1 Å². The number of carbonyl (C=O) groups is 1. The molecule has 0 fully saturated rings. The maximum absolute atomic E-state index is 13.0. The Morgan fingerprint density at radius 2 is 1.84 bits per heavy atom. The Balaban J connectivity index is 1.57. The molecule has 0 aromatic heterocycles. The first-order valence-corrected chi connectivity index (χ1v) is 11.8. The van der Waals surface area contributed by atoms with Crippen molar-refractivity contribution in [2.45, 2.75) is 31.2 Å². The summed E-state index contributed by atoms with van der Waals surface area (Å²) >= 11 is 0. The lowest BCUT2D eigenvalue weighted by atomic mass is 10.0. The summed E-state index contributed by atoms with van der Waals surface area (Å²) in [7, 11) is -2.05. The minimum absolute atomic E-state index is 0.0399.